The van der Waals surface area contributed by atoms with Crippen LogP contribution in [0.1, 0.15) is 104 Å². The van der Waals surface area contributed by atoms with Gasteiger partial charge in [-0.25, -0.2) is 4.79 Å². The number of pyridine rings is 1. The first-order valence-corrected chi connectivity index (χ1v) is 17.2. The highest BCUT2D eigenvalue weighted by molar-refractivity contribution is 5.96. The second kappa shape index (κ2) is 23.8. The number of hydrogen-bond donors (Lipinski definition) is 5. The normalized spacial score (nSPS) is 11.1. The van der Waals surface area contributed by atoms with E-state index in [9.17, 15) is 24.0 Å². The summed E-state index contributed by atoms with van der Waals surface area (Å²) in [6.07, 6.45) is 3.63. The lowest BCUT2D eigenvalue weighted by atomic mass is 9.97. The Labute approximate surface area is 293 Å². The molecule has 0 spiro atoms. The number of esters is 1. The number of urea groups is 1. The van der Waals surface area contributed by atoms with Gasteiger partial charge in [0.2, 0.25) is 17.7 Å². The van der Waals surface area contributed by atoms with E-state index in [1.807, 2.05) is 47.6 Å². The third-order valence-corrected chi connectivity index (χ3v) is 6.67. The Hall–Kier alpha value is -4.48. The molecule has 2 rings (SSSR count). The van der Waals surface area contributed by atoms with Crippen molar-refractivity contribution in [1.29, 1.82) is 0 Å². The SMILES string of the molecule is CC.CCCNC(N)=O.CCCc1cc(C)nc(CCC(=O)NC(C(=O)NCC(=O)Nc2ccc(COC(=O)C(C)(C)C)cc2)C(C)C)c1. The van der Waals surface area contributed by atoms with Crippen LogP contribution in [0.25, 0.3) is 0 Å². The van der Waals surface area contributed by atoms with Gasteiger partial charge in [0.1, 0.15) is 12.6 Å². The quantitative estimate of drug-likeness (QED) is 0.157. The van der Waals surface area contributed by atoms with Crippen molar-refractivity contribution < 1.29 is 28.7 Å². The molecule has 0 saturated carbocycles. The molecule has 274 valence electrons. The fraction of sp³-hybridized carbons (Fsp3) is 0.568. The number of nitrogens with two attached hydrogens (primary N) is 1. The summed E-state index contributed by atoms with van der Waals surface area (Å²) >= 11 is 0. The van der Waals surface area contributed by atoms with Crippen molar-refractivity contribution in [1.82, 2.24) is 20.9 Å². The molecule has 1 atom stereocenters. The molecule has 0 bridgehead atoms. The van der Waals surface area contributed by atoms with Crippen LogP contribution in [0.3, 0.4) is 0 Å². The number of benzene rings is 1. The summed E-state index contributed by atoms with van der Waals surface area (Å²) < 4.78 is 5.30. The smallest absolute Gasteiger partial charge is 0.312 e. The summed E-state index contributed by atoms with van der Waals surface area (Å²) in [5.41, 5.74) is 8.49. The second-order valence-electron chi connectivity index (χ2n) is 12.7. The van der Waals surface area contributed by atoms with Gasteiger partial charge in [0.25, 0.3) is 0 Å². The number of amides is 5. The first kappa shape index (κ1) is 44.5. The molecule has 0 radical (unpaired) electrons. The zero-order valence-corrected chi connectivity index (χ0v) is 31.2. The van der Waals surface area contributed by atoms with Crippen molar-refractivity contribution >= 4 is 35.4 Å². The standard InChI is InChI=1S/C31H44N4O5.C4H10N2O.C2H6/c1-8-9-23-16-21(4)33-25(17-23)14-15-26(36)35-28(20(2)3)29(38)32-18-27(37)34-24-12-10-22(11-13-24)19-40-30(39)31(5,6)7;1-2-3-6-4(5)7;1-2/h10-13,16-17,20,28H,8-9,14-15,18-19H2,1-7H3,(H,32,38)(H,34,37)(H,35,36);2-3H2,1H3,(H3,5,6,7);1-2H3. The predicted molar refractivity (Wildman–Crippen MR) is 195 cm³/mol. The number of nitrogens with one attached hydrogen (secondary N) is 4. The van der Waals surface area contributed by atoms with E-state index in [2.05, 4.69) is 39.2 Å². The Kier molecular flexibility index (Phi) is 21.6. The maximum atomic E-state index is 12.8. The maximum Gasteiger partial charge on any atom is 0.312 e. The van der Waals surface area contributed by atoms with Crippen molar-refractivity contribution in [3.63, 3.8) is 0 Å². The summed E-state index contributed by atoms with van der Waals surface area (Å²) in [4.78, 5) is 64.2. The van der Waals surface area contributed by atoms with Gasteiger partial charge in [-0.05, 0) is 88.3 Å². The van der Waals surface area contributed by atoms with E-state index >= 15 is 0 Å². The molecule has 0 aliphatic carbocycles. The van der Waals surface area contributed by atoms with Crippen LogP contribution in [0.15, 0.2) is 36.4 Å². The van der Waals surface area contributed by atoms with Gasteiger partial charge in [-0.3, -0.25) is 24.2 Å². The van der Waals surface area contributed by atoms with Crippen molar-refractivity contribution in [2.24, 2.45) is 17.1 Å². The van der Waals surface area contributed by atoms with Crippen molar-refractivity contribution in [3.05, 3.63) is 58.9 Å². The Morgan fingerprint density at radius 1 is 0.878 bits per heavy atom. The van der Waals surface area contributed by atoms with E-state index in [0.29, 0.717) is 18.7 Å². The number of aryl methyl sites for hydroxylation is 3. The van der Waals surface area contributed by atoms with E-state index in [1.165, 1.54) is 5.56 Å². The summed E-state index contributed by atoms with van der Waals surface area (Å²) in [5, 5.41) is 10.6. The molecule has 12 heteroatoms. The van der Waals surface area contributed by atoms with Gasteiger partial charge in [-0.1, -0.05) is 60.1 Å². The number of primary amides is 1. The first-order chi connectivity index (χ1) is 23.0. The fourth-order valence-electron chi connectivity index (χ4n) is 4.18. The molecule has 0 saturated heterocycles. The molecular formula is C37H60N6O6. The molecule has 5 amide bonds. The zero-order chi connectivity index (χ0) is 37.6. The van der Waals surface area contributed by atoms with Gasteiger partial charge in [0.05, 0.1) is 12.0 Å². The van der Waals surface area contributed by atoms with Crippen LogP contribution in [0.2, 0.25) is 0 Å². The van der Waals surface area contributed by atoms with Crippen LogP contribution in [0.4, 0.5) is 10.5 Å². The highest BCUT2D eigenvalue weighted by Gasteiger charge is 2.25. The number of anilines is 1. The lowest BCUT2D eigenvalue weighted by molar-refractivity contribution is -0.154. The molecule has 49 heavy (non-hydrogen) atoms. The number of carbonyl (C=O) groups excluding carboxylic acids is 5. The summed E-state index contributed by atoms with van der Waals surface area (Å²) in [6.45, 7) is 19.7. The third-order valence-electron chi connectivity index (χ3n) is 6.67. The van der Waals surface area contributed by atoms with Gasteiger partial charge in [-0.15, -0.1) is 0 Å². The minimum absolute atomic E-state index is 0.143. The molecule has 0 aliphatic rings. The number of ether oxygens (including phenoxy) is 1. The van der Waals surface area contributed by atoms with Crippen molar-refractivity contribution in [3.8, 4) is 0 Å². The van der Waals surface area contributed by atoms with Crippen LogP contribution >= 0.6 is 0 Å². The molecule has 0 aliphatic heterocycles. The van der Waals surface area contributed by atoms with Crippen LogP contribution in [-0.2, 0) is 43.4 Å². The van der Waals surface area contributed by atoms with E-state index in [0.717, 1.165) is 36.2 Å². The van der Waals surface area contributed by atoms with Crippen LogP contribution < -0.4 is 27.0 Å². The van der Waals surface area contributed by atoms with Crippen LogP contribution in [-0.4, -0.2) is 53.8 Å². The molecule has 1 unspecified atom stereocenters. The monoisotopic (exact) mass is 684 g/mol. The van der Waals surface area contributed by atoms with Gasteiger partial charge < -0.3 is 31.7 Å². The van der Waals surface area contributed by atoms with Gasteiger partial charge in [0, 0.05) is 30.0 Å². The number of carbonyl (C=O) groups is 5. The average molecular weight is 685 g/mol. The minimum atomic E-state index is -0.767. The summed E-state index contributed by atoms with van der Waals surface area (Å²) in [5.74, 6) is -1.52. The Morgan fingerprint density at radius 2 is 1.51 bits per heavy atom. The highest BCUT2D eigenvalue weighted by Crippen LogP contribution is 2.17. The van der Waals surface area contributed by atoms with E-state index < -0.39 is 29.3 Å². The van der Waals surface area contributed by atoms with Gasteiger partial charge >= 0.3 is 12.0 Å². The molecule has 6 N–H and O–H groups in total. The molecular weight excluding hydrogens is 624 g/mol. The minimum Gasteiger partial charge on any atom is -0.460 e. The van der Waals surface area contributed by atoms with Crippen molar-refractivity contribution in [2.45, 2.75) is 114 Å². The Bertz CT molecular complexity index is 1320. The lowest BCUT2D eigenvalue weighted by Crippen LogP contribution is -2.51. The summed E-state index contributed by atoms with van der Waals surface area (Å²) in [7, 11) is 0. The number of rotatable bonds is 15. The van der Waals surface area contributed by atoms with Gasteiger partial charge in [0.15, 0.2) is 0 Å². The first-order valence-electron chi connectivity index (χ1n) is 17.2. The largest absolute Gasteiger partial charge is 0.460 e. The Morgan fingerprint density at radius 3 is 2.02 bits per heavy atom. The molecule has 1 aromatic carbocycles. The number of aromatic nitrogens is 1. The predicted octanol–water partition coefficient (Wildman–Crippen LogP) is 5.35. The van der Waals surface area contributed by atoms with Crippen LogP contribution in [0, 0.1) is 18.3 Å². The number of hydrogen-bond acceptors (Lipinski definition) is 7. The van der Waals surface area contributed by atoms with E-state index in [-0.39, 0.29) is 37.4 Å². The average Bonchev–Trinajstić information content (AvgIpc) is 3.04. The van der Waals surface area contributed by atoms with Gasteiger partial charge in [-0.2, -0.15) is 0 Å². The lowest BCUT2D eigenvalue weighted by Gasteiger charge is -2.21. The number of nitrogens with zero attached hydrogens (tertiary/aromatic N) is 1. The molecule has 12 nitrogen and oxygen atoms in total. The maximum absolute atomic E-state index is 12.8. The highest BCUT2D eigenvalue weighted by atomic mass is 16.5. The Balaban J connectivity index is 0.00000227. The molecule has 1 heterocycles. The topological polar surface area (TPSA) is 182 Å². The zero-order valence-electron chi connectivity index (χ0n) is 31.2. The van der Waals surface area contributed by atoms with Crippen molar-refractivity contribution in [2.75, 3.05) is 18.4 Å². The summed E-state index contributed by atoms with van der Waals surface area (Å²) in [6, 6.07) is 9.79. The van der Waals surface area contributed by atoms with Crippen LogP contribution in [0.5, 0.6) is 0 Å². The fourth-order valence-corrected chi connectivity index (χ4v) is 4.18. The second-order valence-corrected chi connectivity index (χ2v) is 12.7. The van der Waals surface area contributed by atoms with E-state index in [4.69, 9.17) is 10.5 Å². The molecule has 1 aromatic heterocycles. The third kappa shape index (κ3) is 19.8. The van der Waals surface area contributed by atoms with E-state index in [1.54, 1.807) is 45.0 Å². The molecule has 2 aromatic rings. The molecule has 0 fully saturated rings.